The Kier molecular flexibility index (Phi) is 4.26. The Bertz CT molecular complexity index is 492. The van der Waals surface area contributed by atoms with E-state index in [4.69, 9.17) is 0 Å². The molecule has 1 aliphatic rings. The molecule has 0 radical (unpaired) electrons. The lowest BCUT2D eigenvalue weighted by Crippen LogP contribution is -2.42. The van der Waals surface area contributed by atoms with E-state index in [1.165, 1.54) is 11.4 Å². The van der Waals surface area contributed by atoms with Crippen LogP contribution in [-0.4, -0.2) is 5.54 Å². The molecule has 0 fully saturated rings. The van der Waals surface area contributed by atoms with E-state index in [0.29, 0.717) is 0 Å². The van der Waals surface area contributed by atoms with Gasteiger partial charge in [0.15, 0.2) is 0 Å². The third-order valence-corrected chi connectivity index (χ3v) is 3.72. The second-order valence-corrected chi connectivity index (χ2v) is 5.49. The number of benzene rings is 1. The van der Waals surface area contributed by atoms with Crippen LogP contribution >= 0.6 is 0 Å². The fraction of sp³-hybridized carbons (Fsp3) is 0.333. The molecule has 0 aliphatic heterocycles. The number of anilines is 1. The normalized spacial score (nSPS) is 15.0. The lowest BCUT2D eigenvalue weighted by atomic mass is 9.96. The Labute approximate surface area is 116 Å². The Hall–Kier alpha value is -1.76. The lowest BCUT2D eigenvalue weighted by Gasteiger charge is -2.40. The van der Waals surface area contributed by atoms with Crippen LogP contribution in [0.3, 0.4) is 0 Å². The summed E-state index contributed by atoms with van der Waals surface area (Å²) in [5.41, 5.74) is 2.64. The van der Waals surface area contributed by atoms with Gasteiger partial charge in [0.2, 0.25) is 0 Å². The van der Waals surface area contributed by atoms with Gasteiger partial charge in [0.05, 0.1) is 0 Å². The molecule has 0 bridgehead atoms. The van der Waals surface area contributed by atoms with Gasteiger partial charge < -0.3 is 4.90 Å². The van der Waals surface area contributed by atoms with Crippen LogP contribution < -0.4 is 4.90 Å². The van der Waals surface area contributed by atoms with E-state index in [0.717, 1.165) is 12.8 Å². The highest BCUT2D eigenvalue weighted by molar-refractivity contribution is 5.57. The van der Waals surface area contributed by atoms with Crippen LogP contribution in [0.5, 0.6) is 0 Å². The molecule has 1 nitrogen and oxygen atoms in total. The first-order valence-corrected chi connectivity index (χ1v) is 7.04. The molecule has 0 atom stereocenters. The van der Waals surface area contributed by atoms with Crippen LogP contribution in [0.1, 0.15) is 33.6 Å². The molecule has 100 valence electrons. The molecule has 0 spiro atoms. The van der Waals surface area contributed by atoms with Gasteiger partial charge in [-0.2, -0.15) is 0 Å². The average molecular weight is 253 g/mol. The molecule has 0 heterocycles. The fourth-order valence-corrected chi connectivity index (χ4v) is 2.32. The van der Waals surface area contributed by atoms with Crippen molar-refractivity contribution in [1.82, 2.24) is 0 Å². The summed E-state index contributed by atoms with van der Waals surface area (Å²) in [6.45, 7) is 6.84. The molecular formula is C18H23N. The highest BCUT2D eigenvalue weighted by atomic mass is 15.2. The predicted octanol–water partition coefficient (Wildman–Crippen LogP) is 5.08. The third kappa shape index (κ3) is 3.17. The Balaban J connectivity index is 2.44. The van der Waals surface area contributed by atoms with E-state index in [-0.39, 0.29) is 5.54 Å². The number of nitrogens with zero attached hydrogens (tertiary/aromatic N) is 1. The van der Waals surface area contributed by atoms with Crippen LogP contribution in [-0.2, 0) is 0 Å². The topological polar surface area (TPSA) is 3.24 Å². The minimum atomic E-state index is 0.0991. The monoisotopic (exact) mass is 253 g/mol. The van der Waals surface area contributed by atoms with Crippen molar-refractivity contribution in [2.24, 2.45) is 0 Å². The number of para-hydroxylation sites is 1. The van der Waals surface area contributed by atoms with Gasteiger partial charge in [0, 0.05) is 16.9 Å². The molecule has 0 saturated heterocycles. The van der Waals surface area contributed by atoms with Gasteiger partial charge in [-0.05, 0) is 44.9 Å². The number of allylic oxidation sites excluding steroid dienone is 5. The van der Waals surface area contributed by atoms with E-state index in [1.54, 1.807) is 0 Å². The number of hydrogen-bond acceptors (Lipinski definition) is 1. The van der Waals surface area contributed by atoms with Crippen LogP contribution in [0, 0.1) is 0 Å². The molecule has 2 rings (SSSR count). The van der Waals surface area contributed by atoms with Gasteiger partial charge in [-0.1, -0.05) is 49.4 Å². The first kappa shape index (κ1) is 13.7. The van der Waals surface area contributed by atoms with E-state index in [1.807, 2.05) is 0 Å². The van der Waals surface area contributed by atoms with Crippen molar-refractivity contribution in [3.8, 4) is 0 Å². The van der Waals surface area contributed by atoms with Crippen LogP contribution in [0.2, 0.25) is 0 Å². The fourth-order valence-electron chi connectivity index (χ4n) is 2.32. The smallest absolute Gasteiger partial charge is 0.0415 e. The minimum absolute atomic E-state index is 0.0991. The maximum Gasteiger partial charge on any atom is 0.0415 e. The molecule has 19 heavy (non-hydrogen) atoms. The van der Waals surface area contributed by atoms with E-state index >= 15 is 0 Å². The van der Waals surface area contributed by atoms with E-state index in [2.05, 4.69) is 86.4 Å². The van der Waals surface area contributed by atoms with E-state index < -0.39 is 0 Å². The lowest BCUT2D eigenvalue weighted by molar-refractivity contribution is 0.476. The summed E-state index contributed by atoms with van der Waals surface area (Å²) in [5.74, 6) is 0. The molecule has 1 aromatic carbocycles. The van der Waals surface area contributed by atoms with Gasteiger partial charge in [0.1, 0.15) is 0 Å². The molecule has 0 N–H and O–H groups in total. The first-order chi connectivity index (χ1) is 9.15. The van der Waals surface area contributed by atoms with Crippen molar-refractivity contribution in [2.45, 2.75) is 39.2 Å². The third-order valence-electron chi connectivity index (χ3n) is 3.72. The maximum atomic E-state index is 2.44. The number of hydrogen-bond donors (Lipinski definition) is 0. The zero-order valence-corrected chi connectivity index (χ0v) is 12.1. The van der Waals surface area contributed by atoms with Gasteiger partial charge in [0.25, 0.3) is 0 Å². The SMILES string of the molecule is CCC(C)(C)N(C1=CCC=CC=C1)c1ccccc1. The Morgan fingerprint density at radius 3 is 2.53 bits per heavy atom. The molecule has 0 saturated carbocycles. The highest BCUT2D eigenvalue weighted by Crippen LogP contribution is 2.31. The Morgan fingerprint density at radius 1 is 1.11 bits per heavy atom. The molecule has 0 amide bonds. The maximum absolute atomic E-state index is 2.44. The first-order valence-electron chi connectivity index (χ1n) is 7.04. The van der Waals surface area contributed by atoms with Gasteiger partial charge in [-0.25, -0.2) is 0 Å². The van der Waals surface area contributed by atoms with Gasteiger partial charge in [-0.3, -0.25) is 0 Å². The van der Waals surface area contributed by atoms with Crippen LogP contribution in [0.15, 0.2) is 66.4 Å². The van der Waals surface area contributed by atoms with Gasteiger partial charge in [-0.15, -0.1) is 0 Å². The van der Waals surface area contributed by atoms with Crippen molar-refractivity contribution in [3.05, 3.63) is 66.4 Å². The summed E-state index contributed by atoms with van der Waals surface area (Å²) >= 11 is 0. The van der Waals surface area contributed by atoms with Crippen molar-refractivity contribution < 1.29 is 0 Å². The summed E-state index contributed by atoms with van der Waals surface area (Å²) in [6.07, 6.45) is 13.0. The second kappa shape index (κ2) is 5.92. The number of rotatable bonds is 4. The van der Waals surface area contributed by atoms with Crippen molar-refractivity contribution in [1.29, 1.82) is 0 Å². The minimum Gasteiger partial charge on any atom is -0.336 e. The molecule has 1 aromatic rings. The molecule has 1 heteroatoms. The zero-order valence-electron chi connectivity index (χ0n) is 12.1. The highest BCUT2D eigenvalue weighted by Gasteiger charge is 2.27. The summed E-state index contributed by atoms with van der Waals surface area (Å²) in [4.78, 5) is 2.44. The molecule has 1 aliphatic carbocycles. The van der Waals surface area contributed by atoms with E-state index in [9.17, 15) is 0 Å². The molecule has 0 aromatic heterocycles. The van der Waals surface area contributed by atoms with Crippen molar-refractivity contribution >= 4 is 5.69 Å². The standard InChI is InChI=1S/C18H23N/c1-4-18(2,3)19(17-14-10-7-11-15-17)16-12-8-5-6-9-13-16/h5-8,10-15H,4,9H2,1-3H3. The van der Waals surface area contributed by atoms with Gasteiger partial charge >= 0.3 is 0 Å². The van der Waals surface area contributed by atoms with Crippen molar-refractivity contribution in [2.75, 3.05) is 4.90 Å². The average Bonchev–Trinajstić information content (AvgIpc) is 2.69. The van der Waals surface area contributed by atoms with Crippen LogP contribution in [0.4, 0.5) is 5.69 Å². The molecular weight excluding hydrogens is 230 g/mol. The summed E-state index contributed by atoms with van der Waals surface area (Å²) in [6, 6.07) is 10.6. The van der Waals surface area contributed by atoms with Crippen LogP contribution in [0.25, 0.3) is 0 Å². The van der Waals surface area contributed by atoms with Crippen molar-refractivity contribution in [3.63, 3.8) is 0 Å². The summed E-state index contributed by atoms with van der Waals surface area (Å²) < 4.78 is 0. The molecule has 0 unspecified atom stereocenters. The predicted molar refractivity (Wildman–Crippen MR) is 84.3 cm³/mol. The zero-order chi connectivity index (χ0) is 13.7. The quantitative estimate of drug-likeness (QED) is 0.723. The largest absolute Gasteiger partial charge is 0.336 e. The second-order valence-electron chi connectivity index (χ2n) is 5.49. The summed E-state index contributed by atoms with van der Waals surface area (Å²) in [7, 11) is 0. The Morgan fingerprint density at radius 2 is 1.84 bits per heavy atom. The summed E-state index contributed by atoms with van der Waals surface area (Å²) in [5, 5.41) is 0.